The number of carbonyl (C=O) groups is 2. The first-order valence-corrected chi connectivity index (χ1v) is 5.49. The Bertz CT molecular complexity index is 480. The Morgan fingerprint density at radius 1 is 1.44 bits per heavy atom. The van der Waals surface area contributed by atoms with Crippen LogP contribution in [0.25, 0.3) is 6.08 Å². The molecular weight excluding hydrogens is 234 g/mol. The van der Waals surface area contributed by atoms with Gasteiger partial charge in [0.2, 0.25) is 0 Å². The Morgan fingerprint density at radius 2 is 2.17 bits per heavy atom. The summed E-state index contributed by atoms with van der Waals surface area (Å²) in [6.07, 6.45) is 3.43. The van der Waals surface area contributed by atoms with Gasteiger partial charge in [0.05, 0.1) is 18.6 Å². The topological polar surface area (TPSA) is 89.6 Å². The van der Waals surface area contributed by atoms with E-state index in [-0.39, 0.29) is 23.6 Å². The minimum Gasteiger partial charge on any atom is -0.478 e. The summed E-state index contributed by atoms with van der Waals surface area (Å²) in [5.41, 5.74) is 6.46. The number of hydrogen-bond acceptors (Lipinski definition) is 4. The molecule has 5 nitrogen and oxygen atoms in total. The molecule has 1 aromatic carbocycles. The van der Waals surface area contributed by atoms with Crippen molar-refractivity contribution in [3.8, 4) is 0 Å². The first-order valence-electron chi connectivity index (χ1n) is 5.49. The van der Waals surface area contributed by atoms with Crippen LogP contribution in [0.3, 0.4) is 0 Å². The summed E-state index contributed by atoms with van der Waals surface area (Å²) in [6.45, 7) is 2.08. The quantitative estimate of drug-likeness (QED) is 0.614. The first kappa shape index (κ1) is 13.8. The zero-order valence-electron chi connectivity index (χ0n) is 10.1. The number of aromatic carboxylic acids is 1. The summed E-state index contributed by atoms with van der Waals surface area (Å²) in [6, 6.07) is 4.66. The van der Waals surface area contributed by atoms with Crippen molar-refractivity contribution in [1.29, 1.82) is 0 Å². The van der Waals surface area contributed by atoms with Gasteiger partial charge in [0.1, 0.15) is 0 Å². The Hall–Kier alpha value is -2.30. The van der Waals surface area contributed by atoms with Crippen LogP contribution in [0.4, 0.5) is 5.69 Å². The van der Waals surface area contributed by atoms with Crippen LogP contribution < -0.4 is 5.73 Å². The summed E-state index contributed by atoms with van der Waals surface area (Å²) in [5.74, 6) is -1.39. The van der Waals surface area contributed by atoms with Crippen molar-refractivity contribution < 1.29 is 19.4 Å². The maximum absolute atomic E-state index is 11.1. The van der Waals surface area contributed by atoms with Gasteiger partial charge in [-0.1, -0.05) is 18.2 Å². The lowest BCUT2D eigenvalue weighted by molar-refractivity contribution is -0.142. The van der Waals surface area contributed by atoms with E-state index in [4.69, 9.17) is 15.6 Å². The SMILES string of the molecule is CCOC(=O)CC=Cc1ccc(N)c(C(=O)O)c1. The monoisotopic (exact) mass is 249 g/mol. The maximum atomic E-state index is 11.1. The molecule has 1 aromatic rings. The highest BCUT2D eigenvalue weighted by atomic mass is 16.5. The van der Waals surface area contributed by atoms with Gasteiger partial charge in [-0.25, -0.2) is 4.79 Å². The van der Waals surface area contributed by atoms with Gasteiger partial charge >= 0.3 is 11.9 Å². The number of carboxylic acid groups (broad SMARTS) is 1. The van der Waals surface area contributed by atoms with Crippen molar-refractivity contribution in [3.05, 3.63) is 35.4 Å². The third kappa shape index (κ3) is 3.93. The van der Waals surface area contributed by atoms with E-state index in [2.05, 4.69) is 0 Å². The largest absolute Gasteiger partial charge is 0.478 e. The average molecular weight is 249 g/mol. The molecule has 0 spiro atoms. The molecule has 18 heavy (non-hydrogen) atoms. The molecule has 96 valence electrons. The third-order valence-corrected chi connectivity index (χ3v) is 2.21. The highest BCUT2D eigenvalue weighted by molar-refractivity contribution is 5.94. The number of benzene rings is 1. The number of rotatable bonds is 5. The molecule has 0 amide bonds. The van der Waals surface area contributed by atoms with Gasteiger partial charge in [0, 0.05) is 5.69 Å². The second-order valence-corrected chi connectivity index (χ2v) is 3.56. The lowest BCUT2D eigenvalue weighted by atomic mass is 10.1. The number of carbonyl (C=O) groups excluding carboxylic acids is 1. The summed E-state index contributed by atoms with van der Waals surface area (Å²) < 4.78 is 4.76. The number of hydrogen-bond donors (Lipinski definition) is 2. The van der Waals surface area contributed by atoms with E-state index >= 15 is 0 Å². The number of nitrogen functional groups attached to an aromatic ring is 1. The summed E-state index contributed by atoms with van der Waals surface area (Å²) in [4.78, 5) is 21.9. The summed E-state index contributed by atoms with van der Waals surface area (Å²) in [5, 5.41) is 8.90. The minimum atomic E-state index is -1.08. The smallest absolute Gasteiger partial charge is 0.337 e. The normalized spacial score (nSPS) is 10.5. The summed E-state index contributed by atoms with van der Waals surface area (Å²) >= 11 is 0. The molecule has 0 atom stereocenters. The van der Waals surface area contributed by atoms with Gasteiger partial charge in [0.15, 0.2) is 0 Å². The Morgan fingerprint density at radius 3 is 2.78 bits per heavy atom. The van der Waals surface area contributed by atoms with Gasteiger partial charge in [-0.15, -0.1) is 0 Å². The molecule has 5 heteroatoms. The molecule has 0 saturated carbocycles. The molecule has 3 N–H and O–H groups in total. The predicted octanol–water partition coefficient (Wildman–Crippen LogP) is 1.93. The molecule has 0 unspecified atom stereocenters. The van der Waals surface area contributed by atoms with E-state index in [0.29, 0.717) is 12.2 Å². The number of ether oxygens (including phenoxy) is 1. The highest BCUT2D eigenvalue weighted by Gasteiger charge is 2.07. The maximum Gasteiger partial charge on any atom is 0.337 e. The van der Waals surface area contributed by atoms with E-state index in [9.17, 15) is 9.59 Å². The second-order valence-electron chi connectivity index (χ2n) is 3.56. The van der Waals surface area contributed by atoms with Gasteiger partial charge in [-0.3, -0.25) is 4.79 Å². The van der Waals surface area contributed by atoms with Gasteiger partial charge < -0.3 is 15.6 Å². The molecule has 0 aliphatic carbocycles. The van der Waals surface area contributed by atoms with Crippen LogP contribution in [0, 0.1) is 0 Å². The van der Waals surface area contributed by atoms with Crippen LogP contribution in [-0.4, -0.2) is 23.7 Å². The third-order valence-electron chi connectivity index (χ3n) is 2.21. The zero-order chi connectivity index (χ0) is 13.5. The molecular formula is C13H15NO4. The fraction of sp³-hybridized carbons (Fsp3) is 0.231. The first-order chi connectivity index (χ1) is 8.54. The van der Waals surface area contributed by atoms with Crippen molar-refractivity contribution in [1.82, 2.24) is 0 Å². The van der Waals surface area contributed by atoms with Crippen LogP contribution in [0.5, 0.6) is 0 Å². The zero-order valence-corrected chi connectivity index (χ0v) is 10.1. The molecule has 0 radical (unpaired) electrons. The van der Waals surface area contributed by atoms with E-state index in [1.54, 1.807) is 25.1 Å². The van der Waals surface area contributed by atoms with E-state index in [1.165, 1.54) is 12.1 Å². The Balaban J connectivity index is 2.73. The fourth-order valence-electron chi connectivity index (χ4n) is 1.37. The molecule has 0 fully saturated rings. The van der Waals surface area contributed by atoms with Crippen LogP contribution in [-0.2, 0) is 9.53 Å². The number of nitrogens with two attached hydrogens (primary N) is 1. The van der Waals surface area contributed by atoms with E-state index < -0.39 is 5.97 Å². The van der Waals surface area contributed by atoms with E-state index in [0.717, 1.165) is 0 Å². The Labute approximate surface area is 105 Å². The van der Waals surface area contributed by atoms with Crippen LogP contribution >= 0.6 is 0 Å². The van der Waals surface area contributed by atoms with Gasteiger partial charge in [-0.05, 0) is 24.6 Å². The van der Waals surface area contributed by atoms with Crippen LogP contribution in [0.15, 0.2) is 24.3 Å². The van der Waals surface area contributed by atoms with Gasteiger partial charge in [-0.2, -0.15) is 0 Å². The standard InChI is InChI=1S/C13H15NO4/c1-2-18-12(15)5-3-4-9-6-7-11(14)10(8-9)13(16)17/h3-4,6-8H,2,5,14H2,1H3,(H,16,17). The predicted molar refractivity (Wildman–Crippen MR) is 68.1 cm³/mol. The van der Waals surface area contributed by atoms with Crippen LogP contribution in [0.1, 0.15) is 29.3 Å². The number of carboxylic acids is 1. The number of esters is 1. The van der Waals surface area contributed by atoms with E-state index in [1.807, 2.05) is 0 Å². The van der Waals surface area contributed by atoms with Crippen molar-refractivity contribution in [2.45, 2.75) is 13.3 Å². The molecule has 1 rings (SSSR count). The number of anilines is 1. The molecule has 0 saturated heterocycles. The van der Waals surface area contributed by atoms with Crippen molar-refractivity contribution >= 4 is 23.7 Å². The lowest BCUT2D eigenvalue weighted by Crippen LogP contribution is -2.02. The molecule has 0 heterocycles. The lowest BCUT2D eigenvalue weighted by Gasteiger charge is -2.02. The van der Waals surface area contributed by atoms with Crippen molar-refractivity contribution in [2.75, 3.05) is 12.3 Å². The second kappa shape index (κ2) is 6.44. The molecule has 0 aromatic heterocycles. The molecule has 0 bridgehead atoms. The fourth-order valence-corrected chi connectivity index (χ4v) is 1.37. The molecule has 0 aliphatic heterocycles. The highest BCUT2D eigenvalue weighted by Crippen LogP contribution is 2.15. The Kier molecular flexibility index (Phi) is 4.92. The summed E-state index contributed by atoms with van der Waals surface area (Å²) in [7, 11) is 0. The van der Waals surface area contributed by atoms with Crippen molar-refractivity contribution in [2.24, 2.45) is 0 Å². The van der Waals surface area contributed by atoms with Crippen molar-refractivity contribution in [3.63, 3.8) is 0 Å². The average Bonchev–Trinajstić information content (AvgIpc) is 2.31. The van der Waals surface area contributed by atoms with Crippen LogP contribution in [0.2, 0.25) is 0 Å². The van der Waals surface area contributed by atoms with Gasteiger partial charge in [0.25, 0.3) is 0 Å². The molecule has 0 aliphatic rings. The minimum absolute atomic E-state index is 0.0493.